The van der Waals surface area contributed by atoms with Gasteiger partial charge < -0.3 is 10.1 Å². The number of ether oxygens (including phenoxy) is 1. The molecule has 0 saturated heterocycles. The highest BCUT2D eigenvalue weighted by Gasteiger charge is 2.43. The van der Waals surface area contributed by atoms with Gasteiger partial charge in [0.15, 0.2) is 6.04 Å². The zero-order valence-electron chi connectivity index (χ0n) is 22.1. The number of hydrogen-bond donors (Lipinski definition) is 1. The molecule has 1 unspecified atom stereocenters. The van der Waals surface area contributed by atoms with Gasteiger partial charge in [-0.25, -0.2) is 4.79 Å². The summed E-state index contributed by atoms with van der Waals surface area (Å²) in [6.45, 7) is 5.64. The molecule has 0 saturated carbocycles. The van der Waals surface area contributed by atoms with Gasteiger partial charge in [-0.2, -0.15) is 0 Å². The van der Waals surface area contributed by atoms with Crippen LogP contribution in [0.5, 0.6) is 0 Å². The topological polar surface area (TPSA) is 106 Å². The van der Waals surface area contributed by atoms with E-state index in [1.54, 1.807) is 54.7 Å². The van der Waals surface area contributed by atoms with Gasteiger partial charge in [-0.15, -0.1) is 0 Å². The third-order valence-electron chi connectivity index (χ3n) is 6.77. The zero-order valence-corrected chi connectivity index (χ0v) is 22.9. The second kappa shape index (κ2) is 10.5. The number of rotatable bonds is 6. The third kappa shape index (κ3) is 5.05. The van der Waals surface area contributed by atoms with E-state index in [9.17, 15) is 19.2 Å². The largest absolute Gasteiger partial charge is 0.459 e. The molecule has 5 rings (SSSR count). The lowest BCUT2D eigenvalue weighted by Gasteiger charge is -2.25. The van der Waals surface area contributed by atoms with E-state index in [1.165, 1.54) is 12.1 Å². The van der Waals surface area contributed by atoms with E-state index < -0.39 is 36.3 Å². The van der Waals surface area contributed by atoms with Crippen molar-refractivity contribution in [3.05, 3.63) is 106 Å². The highest BCUT2D eigenvalue weighted by Crippen LogP contribution is 2.30. The summed E-state index contributed by atoms with van der Waals surface area (Å²) in [6.07, 6.45) is 1.56. The van der Waals surface area contributed by atoms with Gasteiger partial charge >= 0.3 is 5.97 Å². The number of nitrogens with zero attached hydrogens (tertiary/aromatic N) is 2. The normalized spacial score (nSPS) is 13.8. The Labute approximate surface area is 235 Å². The molecule has 8 nitrogen and oxygen atoms in total. The summed E-state index contributed by atoms with van der Waals surface area (Å²) in [5, 5.41) is 3.81. The Morgan fingerprint density at radius 1 is 0.925 bits per heavy atom. The minimum absolute atomic E-state index is 0.0994. The van der Waals surface area contributed by atoms with E-state index in [0.717, 1.165) is 10.5 Å². The van der Waals surface area contributed by atoms with Crippen molar-refractivity contribution in [1.29, 1.82) is 0 Å². The van der Waals surface area contributed by atoms with Gasteiger partial charge in [0.2, 0.25) is 0 Å². The fourth-order valence-electron chi connectivity index (χ4n) is 4.56. The van der Waals surface area contributed by atoms with Crippen molar-refractivity contribution in [2.75, 3.05) is 11.9 Å². The number of nitrogens with one attached hydrogen (secondary N) is 1. The fourth-order valence-corrected chi connectivity index (χ4v) is 4.77. The van der Waals surface area contributed by atoms with Crippen molar-refractivity contribution >= 4 is 51.9 Å². The van der Waals surface area contributed by atoms with Gasteiger partial charge in [-0.1, -0.05) is 56.6 Å². The van der Waals surface area contributed by atoms with Gasteiger partial charge in [0.1, 0.15) is 6.61 Å². The Morgan fingerprint density at radius 2 is 1.57 bits per heavy atom. The van der Waals surface area contributed by atoms with E-state index in [4.69, 9.17) is 16.3 Å². The van der Waals surface area contributed by atoms with Crippen LogP contribution in [0.1, 0.15) is 57.4 Å². The Bertz CT molecular complexity index is 1630. The molecule has 1 aliphatic rings. The van der Waals surface area contributed by atoms with Crippen molar-refractivity contribution in [3.63, 3.8) is 0 Å². The minimum Gasteiger partial charge on any atom is -0.459 e. The van der Waals surface area contributed by atoms with Crippen molar-refractivity contribution in [3.8, 4) is 0 Å². The smallest absolute Gasteiger partial charge is 0.338 e. The van der Waals surface area contributed by atoms with Crippen LogP contribution in [0.15, 0.2) is 79.0 Å². The van der Waals surface area contributed by atoms with Gasteiger partial charge in [0, 0.05) is 11.6 Å². The fraction of sp³-hybridized carbons (Fsp3) is 0.194. The average molecular weight is 556 g/mol. The molecule has 1 atom stereocenters. The number of fused-ring (bicyclic) bond motifs is 2. The van der Waals surface area contributed by atoms with Crippen molar-refractivity contribution < 1.29 is 23.9 Å². The first kappa shape index (κ1) is 27.0. The molecule has 3 aromatic carbocycles. The molecule has 1 aromatic heterocycles. The molecule has 0 aliphatic carbocycles. The Morgan fingerprint density at radius 3 is 2.20 bits per heavy atom. The van der Waals surface area contributed by atoms with Crippen LogP contribution in [0.3, 0.4) is 0 Å². The molecule has 0 fully saturated rings. The lowest BCUT2D eigenvalue weighted by atomic mass is 9.87. The predicted molar refractivity (Wildman–Crippen MR) is 152 cm³/mol. The quantitative estimate of drug-likeness (QED) is 0.243. The molecule has 2 heterocycles. The summed E-state index contributed by atoms with van der Waals surface area (Å²) in [4.78, 5) is 58.3. The molecule has 0 radical (unpaired) electrons. The second-order valence-electron chi connectivity index (χ2n) is 10.5. The number of carbonyl (C=O) groups is 4. The first-order valence-electron chi connectivity index (χ1n) is 12.6. The number of imide groups is 1. The van der Waals surface area contributed by atoms with Gasteiger partial charge in [-0.05, 0) is 59.5 Å². The molecule has 1 aliphatic heterocycles. The summed E-state index contributed by atoms with van der Waals surface area (Å²) in [6, 6.07) is 18.5. The van der Waals surface area contributed by atoms with Crippen molar-refractivity contribution in [2.24, 2.45) is 0 Å². The Balaban J connectivity index is 1.44. The van der Waals surface area contributed by atoms with E-state index >= 15 is 0 Å². The van der Waals surface area contributed by atoms with E-state index in [0.29, 0.717) is 21.6 Å². The Kier molecular flexibility index (Phi) is 7.12. The number of benzene rings is 3. The third-order valence-corrected chi connectivity index (χ3v) is 7.10. The van der Waals surface area contributed by atoms with Crippen LogP contribution in [0, 0.1) is 0 Å². The molecule has 3 amide bonds. The second-order valence-corrected chi connectivity index (χ2v) is 10.9. The van der Waals surface area contributed by atoms with Crippen LogP contribution in [0.25, 0.3) is 10.9 Å². The molecule has 1 N–H and O–H groups in total. The highest BCUT2D eigenvalue weighted by molar-refractivity contribution is 6.36. The van der Waals surface area contributed by atoms with Crippen molar-refractivity contribution in [1.82, 2.24) is 9.88 Å². The van der Waals surface area contributed by atoms with Gasteiger partial charge in [0.25, 0.3) is 17.7 Å². The maximum Gasteiger partial charge on any atom is 0.338 e. The number of halogens is 1. The molecule has 9 heteroatoms. The molecule has 4 aromatic rings. The SMILES string of the molecule is CC(C)(C)c1ccc(C(=O)OCC(C(=O)Nc2ccc(Cl)c3cccnc23)N2C(=O)c3ccccc3C2=O)cc1. The standard InChI is InChI=1S/C31H26ClN3O5/c1-31(2,3)19-12-10-18(11-13-19)30(39)40-17-25(35-28(37)20-7-4-5-8-21(20)29(35)38)27(36)34-24-15-14-23(32)22-9-6-16-33-26(22)24/h4-16,25H,17H2,1-3H3,(H,34,36). The monoisotopic (exact) mass is 555 g/mol. The van der Waals surface area contributed by atoms with E-state index in [1.807, 2.05) is 12.1 Å². The highest BCUT2D eigenvalue weighted by atomic mass is 35.5. The number of pyridine rings is 1. The molecule has 0 spiro atoms. The maximum absolute atomic E-state index is 13.7. The number of aromatic nitrogens is 1. The van der Waals surface area contributed by atoms with Crippen LogP contribution >= 0.6 is 11.6 Å². The van der Waals surface area contributed by atoms with Gasteiger partial charge in [-0.3, -0.25) is 24.3 Å². The summed E-state index contributed by atoms with van der Waals surface area (Å²) in [5.41, 5.74) is 2.33. The van der Waals surface area contributed by atoms with Gasteiger partial charge in [0.05, 0.1) is 32.9 Å². The summed E-state index contributed by atoms with van der Waals surface area (Å²) >= 11 is 6.29. The molecular weight excluding hydrogens is 530 g/mol. The van der Waals surface area contributed by atoms with Crippen LogP contribution in [0.2, 0.25) is 5.02 Å². The van der Waals surface area contributed by atoms with E-state index in [2.05, 4.69) is 31.1 Å². The summed E-state index contributed by atoms with van der Waals surface area (Å²) < 4.78 is 5.51. The number of carbonyl (C=O) groups excluding carboxylic acids is 4. The summed E-state index contributed by atoms with van der Waals surface area (Å²) in [7, 11) is 0. The molecular formula is C31H26ClN3O5. The minimum atomic E-state index is -1.44. The predicted octanol–water partition coefficient (Wildman–Crippen LogP) is 5.65. The maximum atomic E-state index is 13.7. The lowest BCUT2D eigenvalue weighted by molar-refractivity contribution is -0.121. The molecule has 0 bridgehead atoms. The number of amides is 3. The van der Waals surface area contributed by atoms with Crippen LogP contribution < -0.4 is 5.32 Å². The summed E-state index contributed by atoms with van der Waals surface area (Å²) in [5.74, 6) is -2.70. The number of esters is 1. The van der Waals surface area contributed by atoms with Crippen LogP contribution in [0.4, 0.5) is 5.69 Å². The first-order chi connectivity index (χ1) is 19.1. The number of hydrogen-bond acceptors (Lipinski definition) is 6. The molecule has 202 valence electrons. The van der Waals surface area contributed by atoms with E-state index in [-0.39, 0.29) is 22.1 Å². The van der Waals surface area contributed by atoms with Crippen LogP contribution in [-0.2, 0) is 14.9 Å². The first-order valence-corrected chi connectivity index (χ1v) is 13.0. The lowest BCUT2D eigenvalue weighted by Crippen LogP contribution is -2.50. The number of anilines is 1. The van der Waals surface area contributed by atoms with Crippen LogP contribution in [-0.4, -0.2) is 46.2 Å². The average Bonchev–Trinajstić information content (AvgIpc) is 3.20. The Hall–Kier alpha value is -4.56. The molecule has 40 heavy (non-hydrogen) atoms. The zero-order chi connectivity index (χ0) is 28.6. The van der Waals surface area contributed by atoms with Crippen molar-refractivity contribution in [2.45, 2.75) is 32.2 Å².